The lowest BCUT2D eigenvalue weighted by Gasteiger charge is -2.57. The number of rotatable bonds is 6. The molecular formula is C36H42N4O. The van der Waals surface area contributed by atoms with E-state index in [2.05, 4.69) is 52.0 Å². The number of nitrogens with one attached hydrogen (secondary N) is 3. The largest absolute Gasteiger partial charge is 0.380 e. The van der Waals surface area contributed by atoms with Crippen molar-refractivity contribution in [2.75, 3.05) is 10.6 Å². The van der Waals surface area contributed by atoms with E-state index in [4.69, 9.17) is 4.98 Å². The van der Waals surface area contributed by atoms with Crippen LogP contribution in [0.25, 0.3) is 22.6 Å². The van der Waals surface area contributed by atoms with Gasteiger partial charge in [0.1, 0.15) is 5.82 Å². The minimum atomic E-state index is -0.121. The molecule has 212 valence electrons. The fourth-order valence-electron chi connectivity index (χ4n) is 11.3. The lowest BCUT2D eigenvalue weighted by Crippen LogP contribution is -2.54. The van der Waals surface area contributed by atoms with Crippen LogP contribution in [0.15, 0.2) is 54.7 Å². The van der Waals surface area contributed by atoms with E-state index in [1.54, 1.807) is 0 Å². The Morgan fingerprint density at radius 1 is 0.659 bits per heavy atom. The fourth-order valence-corrected chi connectivity index (χ4v) is 11.3. The van der Waals surface area contributed by atoms with Crippen LogP contribution in [0.1, 0.15) is 77.0 Å². The van der Waals surface area contributed by atoms with Crippen LogP contribution in [0.5, 0.6) is 0 Å². The molecule has 8 fully saturated rings. The number of anilines is 2. The molecule has 1 heterocycles. The third kappa shape index (κ3) is 4.25. The second kappa shape index (κ2) is 8.96. The molecule has 1 amide bonds. The van der Waals surface area contributed by atoms with E-state index in [0.29, 0.717) is 5.54 Å². The van der Waals surface area contributed by atoms with Crippen molar-refractivity contribution in [2.24, 2.45) is 40.9 Å². The van der Waals surface area contributed by atoms with Crippen molar-refractivity contribution in [1.82, 2.24) is 9.97 Å². The Kier molecular flexibility index (Phi) is 5.36. The maximum Gasteiger partial charge on any atom is 0.230 e. The molecule has 0 spiro atoms. The van der Waals surface area contributed by atoms with Crippen LogP contribution in [0.2, 0.25) is 0 Å². The van der Waals surface area contributed by atoms with Gasteiger partial charge in [0.15, 0.2) is 0 Å². The summed E-state index contributed by atoms with van der Waals surface area (Å²) in [6.45, 7) is 0. The Bertz CT molecular complexity index is 1400. The summed E-state index contributed by atoms with van der Waals surface area (Å²) < 4.78 is 0. The number of aromatic nitrogens is 2. The molecule has 8 aliphatic carbocycles. The van der Waals surface area contributed by atoms with E-state index >= 15 is 0 Å². The summed E-state index contributed by atoms with van der Waals surface area (Å²) in [6, 6.07) is 17.1. The van der Waals surface area contributed by atoms with E-state index in [1.165, 1.54) is 63.5 Å². The summed E-state index contributed by atoms with van der Waals surface area (Å²) in [5.74, 6) is 6.28. The lowest BCUT2D eigenvalue weighted by atomic mass is 9.49. The normalized spacial score (nSPS) is 37.9. The molecule has 3 aromatic rings. The van der Waals surface area contributed by atoms with E-state index in [-0.39, 0.29) is 11.3 Å². The molecule has 0 radical (unpaired) electrons. The predicted molar refractivity (Wildman–Crippen MR) is 163 cm³/mol. The summed E-state index contributed by atoms with van der Waals surface area (Å²) in [5, 5.41) is 7.28. The highest BCUT2D eigenvalue weighted by molar-refractivity contribution is 5.95. The van der Waals surface area contributed by atoms with Crippen LogP contribution >= 0.6 is 0 Å². The van der Waals surface area contributed by atoms with Gasteiger partial charge in [-0.25, -0.2) is 4.98 Å². The molecule has 8 saturated carbocycles. The molecule has 41 heavy (non-hydrogen) atoms. The summed E-state index contributed by atoms with van der Waals surface area (Å²) in [6.07, 6.45) is 17.8. The standard InChI is InChI=1S/C36H42N4O/c41-34(35-15-22-9-23(16-35)11-24(10-22)17-35)38-30-5-3-29(4-6-30)33-37-21-32(39-33)28-1-7-31(8-2-28)40-36-18-25-12-26(19-36)14-27(13-25)20-36/h1-8,21-27,40H,9-20H2,(H,37,39)(H,38,41). The summed E-state index contributed by atoms with van der Waals surface area (Å²) >= 11 is 0. The molecular weight excluding hydrogens is 504 g/mol. The second-order valence-electron chi connectivity index (χ2n) is 15.3. The minimum absolute atomic E-state index is 0.121. The molecule has 11 rings (SSSR count). The second-order valence-corrected chi connectivity index (χ2v) is 15.3. The van der Waals surface area contributed by atoms with Gasteiger partial charge in [-0.05, 0) is 155 Å². The zero-order chi connectivity index (χ0) is 27.2. The molecule has 0 saturated heterocycles. The number of H-pyrrole nitrogens is 1. The van der Waals surface area contributed by atoms with Gasteiger partial charge in [0.05, 0.1) is 17.3 Å². The Morgan fingerprint density at radius 2 is 1.15 bits per heavy atom. The number of carbonyl (C=O) groups excluding carboxylic acids is 1. The van der Waals surface area contributed by atoms with Crippen LogP contribution in [0, 0.1) is 40.9 Å². The average molecular weight is 547 g/mol. The zero-order valence-corrected chi connectivity index (χ0v) is 24.0. The molecule has 0 atom stereocenters. The molecule has 2 aromatic carbocycles. The minimum Gasteiger partial charge on any atom is -0.380 e. The highest BCUT2D eigenvalue weighted by atomic mass is 16.2. The SMILES string of the molecule is O=C(Nc1ccc(-c2ncc(-c3ccc(NC45CC6CC(CC(C6)C4)C5)cc3)[nH]2)cc1)C12CC3CC(CC(C3)C1)C2. The molecule has 0 unspecified atom stereocenters. The fraction of sp³-hybridized carbons (Fsp3) is 0.556. The molecule has 8 aliphatic rings. The smallest absolute Gasteiger partial charge is 0.230 e. The molecule has 8 bridgehead atoms. The molecule has 1 aromatic heterocycles. The first-order valence-electron chi connectivity index (χ1n) is 16.3. The number of hydrogen-bond acceptors (Lipinski definition) is 3. The number of benzene rings is 2. The molecule has 5 heteroatoms. The van der Waals surface area contributed by atoms with Crippen molar-refractivity contribution < 1.29 is 4.79 Å². The third-order valence-corrected chi connectivity index (χ3v) is 12.2. The van der Waals surface area contributed by atoms with Gasteiger partial charge in [-0.1, -0.05) is 12.1 Å². The predicted octanol–water partition coefficient (Wildman–Crippen LogP) is 8.28. The number of carbonyl (C=O) groups is 1. The van der Waals surface area contributed by atoms with Gasteiger partial charge < -0.3 is 15.6 Å². The Morgan fingerprint density at radius 3 is 1.71 bits per heavy atom. The Labute approximate surface area is 243 Å². The van der Waals surface area contributed by atoms with Crippen molar-refractivity contribution in [3.63, 3.8) is 0 Å². The van der Waals surface area contributed by atoms with Crippen LogP contribution < -0.4 is 10.6 Å². The third-order valence-electron chi connectivity index (χ3n) is 12.2. The van der Waals surface area contributed by atoms with Crippen molar-refractivity contribution >= 4 is 17.3 Å². The van der Waals surface area contributed by atoms with Gasteiger partial charge in [0.2, 0.25) is 5.91 Å². The Balaban J connectivity index is 0.862. The Hall–Kier alpha value is -3.08. The van der Waals surface area contributed by atoms with Crippen molar-refractivity contribution in [2.45, 2.75) is 82.6 Å². The topological polar surface area (TPSA) is 69.8 Å². The van der Waals surface area contributed by atoms with Gasteiger partial charge in [-0.2, -0.15) is 0 Å². The number of imidazole rings is 1. The van der Waals surface area contributed by atoms with Crippen LogP contribution in [-0.2, 0) is 4.79 Å². The number of nitrogens with zero attached hydrogens (tertiary/aromatic N) is 1. The number of aromatic amines is 1. The maximum atomic E-state index is 13.5. The van der Waals surface area contributed by atoms with Crippen LogP contribution in [0.4, 0.5) is 11.4 Å². The first-order chi connectivity index (χ1) is 20.0. The van der Waals surface area contributed by atoms with Gasteiger partial charge in [-0.15, -0.1) is 0 Å². The highest BCUT2D eigenvalue weighted by Crippen LogP contribution is 2.60. The van der Waals surface area contributed by atoms with Crippen molar-refractivity contribution in [3.8, 4) is 22.6 Å². The van der Waals surface area contributed by atoms with E-state index in [0.717, 1.165) is 83.1 Å². The number of amides is 1. The summed E-state index contributed by atoms with van der Waals surface area (Å²) in [5.41, 5.74) is 5.57. The average Bonchev–Trinajstić information content (AvgIpc) is 3.43. The van der Waals surface area contributed by atoms with Gasteiger partial charge >= 0.3 is 0 Å². The molecule has 5 nitrogen and oxygen atoms in total. The van der Waals surface area contributed by atoms with E-state index < -0.39 is 0 Å². The van der Waals surface area contributed by atoms with Crippen molar-refractivity contribution in [3.05, 3.63) is 54.7 Å². The zero-order valence-electron chi connectivity index (χ0n) is 24.0. The van der Waals surface area contributed by atoms with E-state index in [1.807, 2.05) is 18.3 Å². The van der Waals surface area contributed by atoms with Crippen LogP contribution in [0.3, 0.4) is 0 Å². The lowest BCUT2D eigenvalue weighted by molar-refractivity contribution is -0.140. The van der Waals surface area contributed by atoms with Crippen LogP contribution in [-0.4, -0.2) is 21.4 Å². The maximum absolute atomic E-state index is 13.5. The molecule has 0 aliphatic heterocycles. The number of hydrogen-bond donors (Lipinski definition) is 3. The first-order valence-corrected chi connectivity index (χ1v) is 16.3. The highest BCUT2D eigenvalue weighted by Gasteiger charge is 2.54. The quantitative estimate of drug-likeness (QED) is 0.291. The molecule has 3 N–H and O–H groups in total. The van der Waals surface area contributed by atoms with Crippen molar-refractivity contribution in [1.29, 1.82) is 0 Å². The van der Waals surface area contributed by atoms with Gasteiger partial charge in [0, 0.05) is 22.5 Å². The monoisotopic (exact) mass is 546 g/mol. The summed E-state index contributed by atoms with van der Waals surface area (Å²) in [7, 11) is 0. The van der Waals surface area contributed by atoms with E-state index in [9.17, 15) is 4.79 Å². The van der Waals surface area contributed by atoms with Gasteiger partial charge in [0.25, 0.3) is 0 Å². The van der Waals surface area contributed by atoms with Gasteiger partial charge in [-0.3, -0.25) is 4.79 Å². The first kappa shape index (κ1) is 24.5. The summed E-state index contributed by atoms with van der Waals surface area (Å²) in [4.78, 5) is 21.7.